The van der Waals surface area contributed by atoms with Gasteiger partial charge in [-0.1, -0.05) is 24.3 Å². The third-order valence-electron chi connectivity index (χ3n) is 3.27. The lowest BCUT2D eigenvalue weighted by atomic mass is 10.2. The molecule has 0 atom stereocenters. The number of carbonyl (C=O) groups is 1. The number of hydrogen-bond donors (Lipinski definition) is 1. The van der Waals surface area contributed by atoms with Gasteiger partial charge in [0.15, 0.2) is 0 Å². The molecule has 2 rings (SSSR count). The van der Waals surface area contributed by atoms with E-state index >= 15 is 0 Å². The highest BCUT2D eigenvalue weighted by Gasteiger charge is 2.29. The van der Waals surface area contributed by atoms with E-state index in [0.29, 0.717) is 4.31 Å². The summed E-state index contributed by atoms with van der Waals surface area (Å²) < 4.78 is 26.5. The van der Waals surface area contributed by atoms with E-state index in [1.165, 1.54) is 31.2 Å². The monoisotopic (exact) mass is 350 g/mol. The standard InChI is InChI=1S/C15H14N2O6S/c1-11-7-8-13(17(20)21)9-14(11)24(22,23)16(10-15(18)19)12-5-3-2-4-6-12/h2-9H,10H2,1H3,(H,18,19). The van der Waals surface area contributed by atoms with E-state index in [1.807, 2.05) is 0 Å². The summed E-state index contributed by atoms with van der Waals surface area (Å²) in [5.41, 5.74) is 0.0558. The number of nitro groups is 1. The van der Waals surface area contributed by atoms with Gasteiger partial charge in [0, 0.05) is 12.1 Å². The van der Waals surface area contributed by atoms with Gasteiger partial charge in [-0.25, -0.2) is 8.42 Å². The molecule has 8 nitrogen and oxygen atoms in total. The van der Waals surface area contributed by atoms with Crippen LogP contribution >= 0.6 is 0 Å². The number of benzene rings is 2. The van der Waals surface area contributed by atoms with Crippen molar-refractivity contribution in [2.45, 2.75) is 11.8 Å². The lowest BCUT2D eigenvalue weighted by Gasteiger charge is -2.23. The number of sulfonamides is 1. The second-order valence-electron chi connectivity index (χ2n) is 4.95. The minimum absolute atomic E-state index is 0.158. The molecule has 0 bridgehead atoms. The average molecular weight is 350 g/mol. The van der Waals surface area contributed by atoms with Crippen LogP contribution in [0.1, 0.15) is 5.56 Å². The summed E-state index contributed by atoms with van der Waals surface area (Å²) in [5.74, 6) is -1.34. The molecule has 0 unspecified atom stereocenters. The van der Waals surface area contributed by atoms with Gasteiger partial charge < -0.3 is 5.11 Å². The number of aliphatic carboxylic acids is 1. The molecule has 0 saturated carbocycles. The smallest absolute Gasteiger partial charge is 0.324 e. The minimum atomic E-state index is -4.29. The number of rotatable bonds is 6. The molecule has 2 aromatic carbocycles. The number of carboxylic acid groups (broad SMARTS) is 1. The van der Waals surface area contributed by atoms with Crippen LogP contribution in [0.25, 0.3) is 0 Å². The molecule has 2 aromatic rings. The van der Waals surface area contributed by atoms with E-state index in [9.17, 15) is 23.3 Å². The van der Waals surface area contributed by atoms with Gasteiger partial charge in [0.2, 0.25) is 0 Å². The summed E-state index contributed by atoms with van der Waals surface area (Å²) in [6, 6.07) is 11.1. The van der Waals surface area contributed by atoms with Gasteiger partial charge in [-0.2, -0.15) is 0 Å². The summed E-state index contributed by atoms with van der Waals surface area (Å²) in [6.45, 7) is 0.690. The second-order valence-corrected chi connectivity index (χ2v) is 6.78. The highest BCUT2D eigenvalue weighted by Crippen LogP contribution is 2.28. The summed E-state index contributed by atoms with van der Waals surface area (Å²) in [6.07, 6.45) is 0. The van der Waals surface area contributed by atoms with E-state index in [0.717, 1.165) is 6.07 Å². The van der Waals surface area contributed by atoms with Crippen LogP contribution in [0.15, 0.2) is 53.4 Å². The highest BCUT2D eigenvalue weighted by atomic mass is 32.2. The van der Waals surface area contributed by atoms with E-state index in [4.69, 9.17) is 5.11 Å². The van der Waals surface area contributed by atoms with Crippen molar-refractivity contribution >= 4 is 27.4 Å². The van der Waals surface area contributed by atoms with Crippen molar-refractivity contribution in [1.82, 2.24) is 0 Å². The van der Waals surface area contributed by atoms with Crippen LogP contribution in [0.3, 0.4) is 0 Å². The largest absolute Gasteiger partial charge is 0.480 e. The van der Waals surface area contributed by atoms with Crippen molar-refractivity contribution < 1.29 is 23.2 Å². The normalized spacial score (nSPS) is 11.0. The van der Waals surface area contributed by atoms with Crippen LogP contribution < -0.4 is 4.31 Å². The molecule has 0 aliphatic heterocycles. The maximum atomic E-state index is 12.9. The van der Waals surface area contributed by atoms with Crippen LogP contribution in [0.2, 0.25) is 0 Å². The highest BCUT2D eigenvalue weighted by molar-refractivity contribution is 7.93. The first-order valence-corrected chi connectivity index (χ1v) is 8.22. The molecule has 126 valence electrons. The molecule has 0 saturated heterocycles. The maximum Gasteiger partial charge on any atom is 0.324 e. The molecule has 0 radical (unpaired) electrons. The number of non-ortho nitro benzene ring substituents is 1. The van der Waals surface area contributed by atoms with Gasteiger partial charge in [-0.15, -0.1) is 0 Å². The van der Waals surface area contributed by atoms with Crippen LogP contribution in [0.5, 0.6) is 0 Å². The zero-order valence-corrected chi connectivity index (χ0v) is 13.4. The predicted molar refractivity (Wildman–Crippen MR) is 86.4 cm³/mol. The lowest BCUT2D eigenvalue weighted by molar-refractivity contribution is -0.385. The van der Waals surface area contributed by atoms with Crippen LogP contribution in [0.4, 0.5) is 11.4 Å². The van der Waals surface area contributed by atoms with Crippen LogP contribution in [-0.2, 0) is 14.8 Å². The Morgan fingerprint density at radius 1 is 1.21 bits per heavy atom. The zero-order chi connectivity index (χ0) is 17.9. The Bertz CT molecular complexity index is 880. The van der Waals surface area contributed by atoms with Crippen LogP contribution in [0, 0.1) is 17.0 Å². The van der Waals surface area contributed by atoms with Gasteiger partial charge >= 0.3 is 5.97 Å². The van der Waals surface area contributed by atoms with Gasteiger partial charge in [-0.05, 0) is 24.6 Å². The fourth-order valence-corrected chi connectivity index (χ4v) is 3.79. The second kappa shape index (κ2) is 6.67. The third kappa shape index (κ3) is 3.51. The van der Waals surface area contributed by atoms with E-state index in [1.54, 1.807) is 18.2 Å². The van der Waals surface area contributed by atoms with Gasteiger partial charge in [-0.3, -0.25) is 19.2 Å². The first-order valence-electron chi connectivity index (χ1n) is 6.78. The van der Waals surface area contributed by atoms with Gasteiger partial charge in [0.25, 0.3) is 15.7 Å². The predicted octanol–water partition coefficient (Wildman–Crippen LogP) is 2.18. The summed E-state index contributed by atoms with van der Waals surface area (Å²) in [7, 11) is -4.29. The van der Waals surface area contributed by atoms with Crippen molar-refractivity contribution in [3.05, 3.63) is 64.2 Å². The van der Waals surface area contributed by atoms with Crippen LogP contribution in [-0.4, -0.2) is 31.0 Å². The quantitative estimate of drug-likeness (QED) is 0.630. The zero-order valence-electron chi connectivity index (χ0n) is 12.6. The lowest BCUT2D eigenvalue weighted by Crippen LogP contribution is -2.36. The SMILES string of the molecule is Cc1ccc([N+](=O)[O-])cc1S(=O)(=O)N(CC(=O)O)c1ccccc1. The van der Waals surface area contributed by atoms with Gasteiger partial charge in [0.05, 0.1) is 15.5 Å². The summed E-state index contributed by atoms with van der Waals surface area (Å²) in [5, 5.41) is 20.0. The first-order chi connectivity index (χ1) is 11.2. The van der Waals surface area contributed by atoms with E-state index in [-0.39, 0.29) is 21.8 Å². The fraction of sp³-hybridized carbons (Fsp3) is 0.133. The Morgan fingerprint density at radius 3 is 2.38 bits per heavy atom. The number of aryl methyl sites for hydroxylation is 1. The molecule has 0 spiro atoms. The summed E-state index contributed by atoms with van der Waals surface area (Å²) in [4.78, 5) is 21.0. The van der Waals surface area contributed by atoms with Crippen molar-refractivity contribution in [1.29, 1.82) is 0 Å². The molecule has 0 aliphatic carbocycles. The number of anilines is 1. The molecular weight excluding hydrogens is 336 g/mol. The Morgan fingerprint density at radius 2 is 1.83 bits per heavy atom. The van der Waals surface area contributed by atoms with Crippen molar-refractivity contribution in [2.24, 2.45) is 0 Å². The number of nitrogens with zero attached hydrogens (tertiary/aromatic N) is 2. The van der Waals surface area contributed by atoms with Gasteiger partial charge in [0.1, 0.15) is 6.54 Å². The molecule has 0 aliphatic rings. The van der Waals surface area contributed by atoms with Crippen molar-refractivity contribution in [2.75, 3.05) is 10.8 Å². The number of hydrogen-bond acceptors (Lipinski definition) is 5. The topological polar surface area (TPSA) is 118 Å². The third-order valence-corrected chi connectivity index (χ3v) is 5.19. The Hall–Kier alpha value is -2.94. The molecular formula is C15H14N2O6S. The molecule has 0 amide bonds. The molecule has 0 aromatic heterocycles. The molecule has 9 heteroatoms. The Labute approximate surface area is 138 Å². The molecule has 1 N–H and O–H groups in total. The maximum absolute atomic E-state index is 12.9. The number of nitro benzene ring substituents is 1. The van der Waals surface area contributed by atoms with E-state index in [2.05, 4.69) is 0 Å². The van der Waals surface area contributed by atoms with Crippen molar-refractivity contribution in [3.8, 4) is 0 Å². The molecule has 0 heterocycles. The number of carboxylic acids is 1. The fourth-order valence-electron chi connectivity index (χ4n) is 2.13. The first kappa shape index (κ1) is 17.4. The average Bonchev–Trinajstić information content (AvgIpc) is 2.53. The summed E-state index contributed by atoms with van der Waals surface area (Å²) >= 11 is 0. The molecule has 0 fully saturated rings. The van der Waals surface area contributed by atoms with E-state index < -0.39 is 27.5 Å². The minimum Gasteiger partial charge on any atom is -0.480 e. The number of para-hydroxylation sites is 1. The van der Waals surface area contributed by atoms with Crippen molar-refractivity contribution in [3.63, 3.8) is 0 Å². The Kier molecular flexibility index (Phi) is 4.84. The Balaban J connectivity index is 2.62. The molecule has 24 heavy (non-hydrogen) atoms.